The predicted octanol–water partition coefficient (Wildman–Crippen LogP) is 2.12. The van der Waals surface area contributed by atoms with Gasteiger partial charge in [-0.1, -0.05) is 0 Å². The number of hydrogen-bond acceptors (Lipinski definition) is 4. The van der Waals surface area contributed by atoms with Crippen LogP contribution in [0.1, 0.15) is 19.8 Å². The Morgan fingerprint density at radius 2 is 2.50 bits per heavy atom. The van der Waals surface area contributed by atoms with Gasteiger partial charge < -0.3 is 14.9 Å². The number of rotatable bonds is 3. The largest absolute Gasteiger partial charge is 0.404 e. The van der Waals surface area contributed by atoms with Gasteiger partial charge in [0.15, 0.2) is 0 Å². The van der Waals surface area contributed by atoms with Gasteiger partial charge in [-0.15, -0.1) is 0 Å². The number of aromatic nitrogens is 2. The van der Waals surface area contributed by atoms with Gasteiger partial charge in [-0.3, -0.25) is 0 Å². The first-order valence-electron chi connectivity index (χ1n) is 5.09. The molecule has 0 radical (unpaired) electrons. The summed E-state index contributed by atoms with van der Waals surface area (Å²) in [5.41, 5.74) is 0. The molecule has 1 fully saturated rings. The van der Waals surface area contributed by atoms with E-state index in [-0.39, 0.29) is 18.0 Å². The zero-order valence-corrected chi connectivity index (χ0v) is 10.4. The van der Waals surface area contributed by atoms with E-state index in [9.17, 15) is 10.1 Å². The first-order valence-corrected chi connectivity index (χ1v) is 5.88. The van der Waals surface area contributed by atoms with E-state index >= 15 is 0 Å². The van der Waals surface area contributed by atoms with E-state index in [0.29, 0.717) is 11.0 Å². The third-order valence-corrected chi connectivity index (χ3v) is 3.14. The Morgan fingerprint density at radius 1 is 1.75 bits per heavy atom. The molecule has 2 unspecified atom stereocenters. The molecule has 0 bridgehead atoms. The zero-order chi connectivity index (χ0) is 11.7. The van der Waals surface area contributed by atoms with Gasteiger partial charge in [0.25, 0.3) is 0 Å². The second-order valence-corrected chi connectivity index (χ2v) is 4.78. The summed E-state index contributed by atoms with van der Waals surface area (Å²) in [4.78, 5) is 10.1. The van der Waals surface area contributed by atoms with Crippen LogP contribution in [-0.2, 0) is 11.3 Å². The second-order valence-electron chi connectivity index (χ2n) is 3.93. The molecule has 7 heteroatoms. The molecule has 2 rings (SSSR count). The Kier molecular flexibility index (Phi) is 3.25. The number of nitrogens with zero attached hydrogens (tertiary/aromatic N) is 3. The molecule has 88 valence electrons. The minimum absolute atomic E-state index is 0.112. The summed E-state index contributed by atoms with van der Waals surface area (Å²) >= 11 is 3.11. The predicted molar refractivity (Wildman–Crippen MR) is 60.2 cm³/mol. The van der Waals surface area contributed by atoms with E-state index < -0.39 is 4.92 Å². The van der Waals surface area contributed by atoms with Crippen molar-refractivity contribution in [3.05, 3.63) is 20.8 Å². The van der Waals surface area contributed by atoms with Crippen molar-refractivity contribution in [2.24, 2.45) is 0 Å². The van der Waals surface area contributed by atoms with Crippen LogP contribution < -0.4 is 0 Å². The third-order valence-electron chi connectivity index (χ3n) is 2.58. The molecule has 1 saturated heterocycles. The summed E-state index contributed by atoms with van der Waals surface area (Å²) in [5.74, 6) is -0.147. The van der Waals surface area contributed by atoms with E-state index in [1.165, 1.54) is 0 Å². The van der Waals surface area contributed by atoms with Gasteiger partial charge in [0.05, 0.1) is 30.0 Å². The Morgan fingerprint density at radius 3 is 3.00 bits per heavy atom. The molecule has 0 N–H and O–H groups in total. The van der Waals surface area contributed by atoms with Crippen LogP contribution >= 0.6 is 15.9 Å². The SMILES string of the molecule is CC1CCC(Cn2cc(Br)c([N+](=O)[O-])n2)O1. The van der Waals surface area contributed by atoms with Crippen LogP contribution in [0.2, 0.25) is 0 Å². The van der Waals surface area contributed by atoms with E-state index in [1.54, 1.807) is 10.9 Å². The highest BCUT2D eigenvalue weighted by Crippen LogP contribution is 2.24. The lowest BCUT2D eigenvalue weighted by Gasteiger charge is -2.08. The van der Waals surface area contributed by atoms with Crippen LogP contribution in [0.15, 0.2) is 10.7 Å². The molecular formula is C9H12BrN3O3. The number of ether oxygens (including phenoxy) is 1. The average molecular weight is 290 g/mol. The standard InChI is InChI=1S/C9H12BrN3O3/c1-6-2-3-7(16-6)4-12-5-8(10)9(11-12)13(14)15/h5-7H,2-4H2,1H3. The van der Waals surface area contributed by atoms with Crippen LogP contribution in [0, 0.1) is 10.1 Å². The summed E-state index contributed by atoms with van der Waals surface area (Å²) in [5, 5.41) is 14.5. The molecule has 0 saturated carbocycles. The lowest BCUT2D eigenvalue weighted by atomic mass is 10.2. The molecule has 16 heavy (non-hydrogen) atoms. The van der Waals surface area contributed by atoms with Crippen LogP contribution in [0.4, 0.5) is 5.82 Å². The molecule has 2 atom stereocenters. The fraction of sp³-hybridized carbons (Fsp3) is 0.667. The van der Waals surface area contributed by atoms with Crippen molar-refractivity contribution in [1.82, 2.24) is 9.78 Å². The smallest absolute Gasteiger partial charge is 0.373 e. The van der Waals surface area contributed by atoms with Gasteiger partial charge in [0.2, 0.25) is 0 Å². The number of hydrogen-bond donors (Lipinski definition) is 0. The van der Waals surface area contributed by atoms with Crippen molar-refractivity contribution in [3.8, 4) is 0 Å². The minimum atomic E-state index is -0.501. The molecule has 0 aliphatic carbocycles. The van der Waals surface area contributed by atoms with Crippen LogP contribution in [0.5, 0.6) is 0 Å². The quantitative estimate of drug-likeness (QED) is 0.631. The van der Waals surface area contributed by atoms with Crippen molar-refractivity contribution >= 4 is 21.7 Å². The molecule has 1 aliphatic heterocycles. The van der Waals surface area contributed by atoms with Gasteiger partial charge in [-0.2, -0.15) is 4.68 Å². The van der Waals surface area contributed by atoms with Gasteiger partial charge in [0.1, 0.15) is 4.47 Å². The Labute approximate surface area is 101 Å². The Balaban J connectivity index is 2.05. The average Bonchev–Trinajstić information content (AvgIpc) is 2.73. The lowest BCUT2D eigenvalue weighted by molar-refractivity contribution is -0.390. The molecule has 0 aromatic carbocycles. The molecule has 1 aromatic rings. The Bertz CT molecular complexity index is 407. The van der Waals surface area contributed by atoms with Crippen molar-refractivity contribution in [1.29, 1.82) is 0 Å². The van der Waals surface area contributed by atoms with Gasteiger partial charge in [-0.05, 0) is 40.6 Å². The van der Waals surface area contributed by atoms with Crippen LogP contribution in [-0.4, -0.2) is 26.9 Å². The van der Waals surface area contributed by atoms with Crippen molar-refractivity contribution in [2.45, 2.75) is 38.5 Å². The summed E-state index contributed by atoms with van der Waals surface area (Å²) in [6.45, 7) is 2.60. The van der Waals surface area contributed by atoms with Gasteiger partial charge in [0, 0.05) is 0 Å². The number of halogens is 1. The zero-order valence-electron chi connectivity index (χ0n) is 8.80. The second kappa shape index (κ2) is 4.50. The highest BCUT2D eigenvalue weighted by molar-refractivity contribution is 9.10. The molecule has 6 nitrogen and oxygen atoms in total. The summed E-state index contributed by atoms with van der Waals surface area (Å²) < 4.78 is 7.60. The van der Waals surface area contributed by atoms with Crippen molar-refractivity contribution in [3.63, 3.8) is 0 Å². The monoisotopic (exact) mass is 289 g/mol. The first kappa shape index (κ1) is 11.5. The van der Waals surface area contributed by atoms with E-state index in [4.69, 9.17) is 4.74 Å². The van der Waals surface area contributed by atoms with Crippen molar-refractivity contribution in [2.75, 3.05) is 0 Å². The Hall–Kier alpha value is -0.950. The molecule has 2 heterocycles. The maximum atomic E-state index is 10.6. The minimum Gasteiger partial charge on any atom is -0.373 e. The molecule has 0 amide bonds. The summed E-state index contributed by atoms with van der Waals surface area (Å²) in [7, 11) is 0. The lowest BCUT2D eigenvalue weighted by Crippen LogP contribution is -2.16. The number of nitro groups is 1. The fourth-order valence-electron chi connectivity index (χ4n) is 1.83. The topological polar surface area (TPSA) is 70.2 Å². The van der Waals surface area contributed by atoms with Crippen molar-refractivity contribution < 1.29 is 9.66 Å². The van der Waals surface area contributed by atoms with Gasteiger partial charge in [-0.25, -0.2) is 0 Å². The van der Waals surface area contributed by atoms with E-state index in [2.05, 4.69) is 21.0 Å². The van der Waals surface area contributed by atoms with Crippen LogP contribution in [0.3, 0.4) is 0 Å². The molecule has 1 aliphatic rings. The van der Waals surface area contributed by atoms with Gasteiger partial charge >= 0.3 is 5.82 Å². The first-order chi connectivity index (χ1) is 7.56. The third kappa shape index (κ3) is 2.41. The molecule has 0 spiro atoms. The normalized spacial score (nSPS) is 24.9. The summed E-state index contributed by atoms with van der Waals surface area (Å²) in [6.07, 6.45) is 4.02. The highest BCUT2D eigenvalue weighted by Gasteiger charge is 2.25. The summed E-state index contributed by atoms with van der Waals surface area (Å²) in [6, 6.07) is 0. The van der Waals surface area contributed by atoms with E-state index in [1.807, 2.05) is 6.92 Å². The fourth-order valence-corrected chi connectivity index (χ4v) is 2.29. The van der Waals surface area contributed by atoms with Crippen LogP contribution in [0.25, 0.3) is 0 Å². The maximum Gasteiger partial charge on any atom is 0.404 e. The maximum absolute atomic E-state index is 10.6. The molecule has 1 aromatic heterocycles. The molecular weight excluding hydrogens is 278 g/mol. The highest BCUT2D eigenvalue weighted by atomic mass is 79.9. The van der Waals surface area contributed by atoms with E-state index in [0.717, 1.165) is 12.8 Å².